The minimum absolute atomic E-state index is 0.0411. The van der Waals surface area contributed by atoms with E-state index in [-0.39, 0.29) is 16.6 Å². The Bertz CT molecular complexity index is 681. The van der Waals surface area contributed by atoms with Crippen LogP contribution in [-0.4, -0.2) is 17.0 Å². The van der Waals surface area contributed by atoms with Crippen molar-refractivity contribution >= 4 is 29.0 Å². The van der Waals surface area contributed by atoms with Crippen molar-refractivity contribution in [3.8, 4) is 0 Å². The molecule has 2 saturated carbocycles. The number of ketones is 1. The normalized spacial score (nSPS) is 49.9. The van der Waals surface area contributed by atoms with Crippen molar-refractivity contribution in [2.45, 2.75) is 65.4 Å². The van der Waals surface area contributed by atoms with Crippen LogP contribution in [0, 0.1) is 34.5 Å². The van der Waals surface area contributed by atoms with Crippen LogP contribution in [0.4, 0.5) is 0 Å². The van der Waals surface area contributed by atoms with Gasteiger partial charge in [0, 0.05) is 16.9 Å². The third-order valence-electron chi connectivity index (χ3n) is 8.30. The Kier molecular flexibility index (Phi) is 4.22. The Labute approximate surface area is 160 Å². The maximum absolute atomic E-state index is 12.2. The molecule has 1 unspecified atom stereocenters. The summed E-state index contributed by atoms with van der Waals surface area (Å²) >= 11 is 12.8. The van der Waals surface area contributed by atoms with Gasteiger partial charge in [0.05, 0.1) is 11.1 Å². The summed E-state index contributed by atoms with van der Waals surface area (Å²) in [5, 5.41) is 12.0. The second kappa shape index (κ2) is 5.84. The number of rotatable bonds is 0. The minimum atomic E-state index is -0.540. The van der Waals surface area contributed by atoms with E-state index < -0.39 is 6.10 Å². The molecule has 25 heavy (non-hydrogen) atoms. The smallest absolute Gasteiger partial charge is 0.174 e. The van der Waals surface area contributed by atoms with E-state index in [4.69, 9.17) is 23.2 Å². The van der Waals surface area contributed by atoms with Crippen molar-refractivity contribution in [2.24, 2.45) is 34.5 Å². The van der Waals surface area contributed by atoms with Crippen molar-refractivity contribution in [3.05, 3.63) is 21.7 Å². The van der Waals surface area contributed by atoms with E-state index in [0.29, 0.717) is 40.2 Å². The number of carbonyl (C=O) groups is 1. The number of fused-ring (bicyclic) bond motifs is 5. The van der Waals surface area contributed by atoms with E-state index in [9.17, 15) is 9.90 Å². The molecule has 4 heteroatoms. The van der Waals surface area contributed by atoms with Gasteiger partial charge in [0.1, 0.15) is 0 Å². The Morgan fingerprint density at radius 2 is 1.92 bits per heavy atom. The van der Waals surface area contributed by atoms with Crippen LogP contribution in [-0.2, 0) is 4.79 Å². The zero-order valence-electron chi connectivity index (χ0n) is 15.3. The maximum atomic E-state index is 12.2. The summed E-state index contributed by atoms with van der Waals surface area (Å²) in [6, 6.07) is 0. The number of aliphatic hydroxyl groups excluding tert-OH is 1. The largest absolute Gasteiger partial charge is 0.387 e. The molecule has 0 heterocycles. The van der Waals surface area contributed by atoms with Crippen LogP contribution in [0.25, 0.3) is 0 Å². The quantitative estimate of drug-likeness (QED) is 0.606. The van der Waals surface area contributed by atoms with Gasteiger partial charge in [0.15, 0.2) is 5.78 Å². The predicted molar refractivity (Wildman–Crippen MR) is 101 cm³/mol. The maximum Gasteiger partial charge on any atom is 0.174 e. The summed E-state index contributed by atoms with van der Waals surface area (Å²) in [4.78, 5) is 12.2. The van der Waals surface area contributed by atoms with Gasteiger partial charge in [-0.05, 0) is 66.8 Å². The van der Waals surface area contributed by atoms with Gasteiger partial charge in [0.2, 0.25) is 0 Å². The van der Waals surface area contributed by atoms with Crippen molar-refractivity contribution in [3.63, 3.8) is 0 Å². The molecule has 0 bridgehead atoms. The number of allylic oxidation sites excluding steroid dienone is 3. The van der Waals surface area contributed by atoms with Crippen LogP contribution >= 0.6 is 23.2 Å². The third-order valence-corrected chi connectivity index (χ3v) is 9.09. The summed E-state index contributed by atoms with van der Waals surface area (Å²) in [7, 11) is 0. The van der Waals surface area contributed by atoms with Crippen LogP contribution < -0.4 is 0 Å². The molecule has 7 atom stereocenters. The zero-order chi connectivity index (χ0) is 18.1. The molecular weight excluding hydrogens is 355 g/mol. The first-order valence-corrected chi connectivity index (χ1v) is 10.4. The molecule has 0 spiro atoms. The highest BCUT2D eigenvalue weighted by atomic mass is 35.5. The lowest BCUT2D eigenvalue weighted by molar-refractivity contribution is -0.125. The first-order chi connectivity index (χ1) is 11.7. The van der Waals surface area contributed by atoms with Gasteiger partial charge in [0.25, 0.3) is 0 Å². The molecule has 0 aromatic heterocycles. The number of Topliss-reactive ketones (excluding diaryl/α,β-unsaturated/α-hetero) is 1. The number of carbonyl (C=O) groups excluding carboxylic acids is 1. The van der Waals surface area contributed by atoms with Gasteiger partial charge in [-0.3, -0.25) is 4.79 Å². The summed E-state index contributed by atoms with van der Waals surface area (Å²) < 4.78 is 0. The third kappa shape index (κ3) is 2.36. The Morgan fingerprint density at radius 1 is 1.20 bits per heavy atom. The van der Waals surface area contributed by atoms with Crippen LogP contribution in [0.1, 0.15) is 59.3 Å². The minimum Gasteiger partial charge on any atom is -0.387 e. The van der Waals surface area contributed by atoms with Crippen LogP contribution in [0.15, 0.2) is 21.7 Å². The molecule has 1 N–H and O–H groups in total. The number of hydrogen-bond donors (Lipinski definition) is 1. The molecule has 0 radical (unpaired) electrons. The molecule has 0 aromatic carbocycles. The molecule has 2 nitrogen and oxygen atoms in total. The van der Waals surface area contributed by atoms with Crippen molar-refractivity contribution in [1.82, 2.24) is 0 Å². The highest BCUT2D eigenvalue weighted by Crippen LogP contribution is 2.66. The summed E-state index contributed by atoms with van der Waals surface area (Å²) in [6.45, 7) is 6.88. The average molecular weight is 383 g/mol. The van der Waals surface area contributed by atoms with Crippen molar-refractivity contribution in [2.75, 3.05) is 0 Å². The van der Waals surface area contributed by atoms with Gasteiger partial charge < -0.3 is 5.11 Å². The predicted octanol–water partition coefficient (Wildman–Crippen LogP) is 5.42. The fraction of sp³-hybridized carbons (Fsp3) is 0.762. The Balaban J connectivity index is 1.78. The molecule has 2 fully saturated rings. The van der Waals surface area contributed by atoms with E-state index in [2.05, 4.69) is 20.8 Å². The summed E-state index contributed by atoms with van der Waals surface area (Å²) in [6.07, 6.45) is 6.95. The van der Waals surface area contributed by atoms with E-state index in [1.807, 2.05) is 6.08 Å². The fourth-order valence-corrected chi connectivity index (χ4v) is 7.50. The summed E-state index contributed by atoms with van der Waals surface area (Å²) in [5.74, 6) is 2.16. The molecule has 4 aliphatic carbocycles. The first kappa shape index (κ1) is 18.1. The SMILES string of the molecule is C[C@@H]1CC2=C(Cl)C(=O)CC[C@]2(C)[C@H]2CC[C@]3(C)C(O)C(Cl)=CC[C@H]3[C@H]12. The van der Waals surface area contributed by atoms with Crippen molar-refractivity contribution in [1.29, 1.82) is 0 Å². The van der Waals surface area contributed by atoms with E-state index in [1.54, 1.807) is 0 Å². The van der Waals surface area contributed by atoms with E-state index in [0.717, 1.165) is 32.1 Å². The number of aliphatic hydroxyl groups is 1. The number of halogens is 2. The lowest BCUT2D eigenvalue weighted by Gasteiger charge is -2.62. The van der Waals surface area contributed by atoms with E-state index in [1.165, 1.54) is 5.57 Å². The molecule has 0 aromatic rings. The Hall–Kier alpha value is -0.310. The molecule has 0 amide bonds. The van der Waals surface area contributed by atoms with Gasteiger partial charge in [-0.15, -0.1) is 0 Å². The number of hydrogen-bond acceptors (Lipinski definition) is 2. The van der Waals surface area contributed by atoms with Crippen molar-refractivity contribution < 1.29 is 9.90 Å². The standard InChI is InChI=1S/C21H28Cl2O2/c1-11-10-14-18(23)16(24)7-9-20(14,2)13-6-8-21(3)12(17(11)13)4-5-15(22)19(21)25/h5,11-13,17,19,25H,4,6-10H2,1-3H3/t11-,12+,13+,17+,19?,20-,21+/m1/s1. The Morgan fingerprint density at radius 3 is 2.64 bits per heavy atom. The lowest BCUT2D eigenvalue weighted by Crippen LogP contribution is -2.57. The average Bonchev–Trinajstić information content (AvgIpc) is 2.58. The van der Waals surface area contributed by atoms with Gasteiger partial charge >= 0.3 is 0 Å². The molecule has 0 aliphatic heterocycles. The highest BCUT2D eigenvalue weighted by molar-refractivity contribution is 6.43. The summed E-state index contributed by atoms with van der Waals surface area (Å²) in [5.41, 5.74) is 1.12. The van der Waals surface area contributed by atoms with Gasteiger partial charge in [-0.1, -0.05) is 50.0 Å². The zero-order valence-corrected chi connectivity index (χ0v) is 16.8. The second-order valence-corrected chi connectivity index (χ2v) is 10.2. The monoisotopic (exact) mass is 382 g/mol. The molecule has 0 saturated heterocycles. The lowest BCUT2D eigenvalue weighted by atomic mass is 9.43. The second-order valence-electron chi connectivity index (χ2n) is 9.38. The molecule has 138 valence electrons. The van der Waals surface area contributed by atoms with Crippen LogP contribution in [0.3, 0.4) is 0 Å². The van der Waals surface area contributed by atoms with Gasteiger partial charge in [-0.25, -0.2) is 0 Å². The van der Waals surface area contributed by atoms with E-state index >= 15 is 0 Å². The molecule has 4 aliphatic rings. The van der Waals surface area contributed by atoms with Crippen LogP contribution in [0.5, 0.6) is 0 Å². The fourth-order valence-electron chi connectivity index (χ4n) is 6.78. The highest BCUT2D eigenvalue weighted by Gasteiger charge is 2.60. The topological polar surface area (TPSA) is 37.3 Å². The van der Waals surface area contributed by atoms with Crippen LogP contribution in [0.2, 0.25) is 0 Å². The van der Waals surface area contributed by atoms with Gasteiger partial charge in [-0.2, -0.15) is 0 Å². The molecule has 4 rings (SSSR count). The first-order valence-electron chi connectivity index (χ1n) is 9.66. The molecular formula is C21H28Cl2O2.